The van der Waals surface area contributed by atoms with Crippen LogP contribution >= 0.6 is 0 Å². The molecule has 152 valence electrons. The second-order valence-electron chi connectivity index (χ2n) is 7.32. The molecule has 0 aliphatic carbocycles. The third-order valence-electron chi connectivity index (χ3n) is 5.33. The molecule has 0 fully saturated rings. The van der Waals surface area contributed by atoms with E-state index in [1.54, 1.807) is 13.8 Å². The smallest absolute Gasteiger partial charge is 0.313 e. The van der Waals surface area contributed by atoms with Crippen LogP contribution in [0, 0.1) is 18.6 Å². The first-order valence-electron chi connectivity index (χ1n) is 9.19. The van der Waals surface area contributed by atoms with Gasteiger partial charge in [0.15, 0.2) is 11.6 Å². The van der Waals surface area contributed by atoms with Crippen LogP contribution in [0.15, 0.2) is 36.4 Å². The number of rotatable bonds is 5. The molecule has 0 bridgehead atoms. The lowest BCUT2D eigenvalue weighted by Crippen LogP contribution is -2.33. The fourth-order valence-electron chi connectivity index (χ4n) is 3.96. The maximum absolute atomic E-state index is 13.7. The average molecular weight is 401 g/mol. The minimum absolute atomic E-state index is 0.0691. The van der Waals surface area contributed by atoms with Crippen molar-refractivity contribution in [2.75, 3.05) is 0 Å². The Morgan fingerprint density at radius 2 is 1.79 bits per heavy atom. The first-order chi connectivity index (χ1) is 13.6. The number of aromatic nitrogens is 1. The van der Waals surface area contributed by atoms with Gasteiger partial charge in [0.2, 0.25) is 0 Å². The lowest BCUT2D eigenvalue weighted by molar-refractivity contribution is -0.143. The van der Waals surface area contributed by atoms with E-state index in [1.165, 1.54) is 28.8 Å². The summed E-state index contributed by atoms with van der Waals surface area (Å²) in [6.07, 6.45) is 0.905. The maximum Gasteiger partial charge on any atom is 0.313 e. The Morgan fingerprint density at radius 3 is 2.38 bits per heavy atom. The Bertz CT molecular complexity index is 1140. The van der Waals surface area contributed by atoms with E-state index in [0.29, 0.717) is 35.0 Å². The van der Waals surface area contributed by atoms with Gasteiger partial charge in [-0.25, -0.2) is 8.78 Å². The molecule has 5 nitrogen and oxygen atoms in total. The van der Waals surface area contributed by atoms with E-state index in [0.717, 1.165) is 12.1 Å². The minimum Gasteiger partial charge on any atom is -0.508 e. The molecule has 1 heterocycles. The Balaban J connectivity index is 2.34. The van der Waals surface area contributed by atoms with Gasteiger partial charge in [-0.3, -0.25) is 14.2 Å². The van der Waals surface area contributed by atoms with Gasteiger partial charge >= 0.3 is 5.97 Å². The van der Waals surface area contributed by atoms with Crippen molar-refractivity contribution >= 4 is 22.8 Å². The Hall–Kier alpha value is -3.22. The molecule has 0 aliphatic heterocycles. The van der Waals surface area contributed by atoms with Crippen molar-refractivity contribution in [3.63, 3.8) is 0 Å². The number of phenolic OH excluding ortho intramolecular Hbond substituents is 1. The van der Waals surface area contributed by atoms with Crippen molar-refractivity contribution in [1.82, 2.24) is 4.57 Å². The normalized spacial score (nSPS) is 13.4. The highest BCUT2D eigenvalue weighted by atomic mass is 19.2. The van der Waals surface area contributed by atoms with Gasteiger partial charge in [-0.2, -0.15) is 0 Å². The second kappa shape index (κ2) is 7.31. The lowest BCUT2D eigenvalue weighted by atomic mass is 9.77. The summed E-state index contributed by atoms with van der Waals surface area (Å²) >= 11 is 0. The van der Waals surface area contributed by atoms with Gasteiger partial charge in [0.05, 0.1) is 10.9 Å². The number of carbonyl (C=O) groups is 2. The van der Waals surface area contributed by atoms with Crippen LogP contribution in [0.4, 0.5) is 8.78 Å². The molecule has 7 heteroatoms. The van der Waals surface area contributed by atoms with Gasteiger partial charge in [-0.1, -0.05) is 13.3 Å². The summed E-state index contributed by atoms with van der Waals surface area (Å²) in [7, 11) is 0. The topological polar surface area (TPSA) is 79.5 Å². The molecule has 3 aromatic rings. The molecule has 1 aromatic heterocycles. The third kappa shape index (κ3) is 3.26. The molecule has 0 amide bonds. The quantitative estimate of drug-likeness (QED) is 0.646. The number of halogens is 2. The number of aliphatic carboxylic acids is 1. The highest BCUT2D eigenvalue weighted by Crippen LogP contribution is 2.40. The number of hydrogen-bond donors (Lipinski definition) is 2. The molecular formula is C22H21F2NO4. The van der Waals surface area contributed by atoms with E-state index >= 15 is 0 Å². The van der Waals surface area contributed by atoms with Crippen LogP contribution in [0.25, 0.3) is 10.9 Å². The molecule has 0 aliphatic rings. The minimum atomic E-state index is -1.30. The Labute approximate surface area is 166 Å². The predicted molar refractivity (Wildman–Crippen MR) is 104 cm³/mol. The number of hydrogen-bond acceptors (Lipinski definition) is 3. The zero-order chi connectivity index (χ0) is 21.5. The molecule has 29 heavy (non-hydrogen) atoms. The highest BCUT2D eigenvalue weighted by molar-refractivity contribution is 6.05. The number of carboxylic acids is 1. The van der Waals surface area contributed by atoms with Crippen LogP contribution in [-0.2, 0) is 10.2 Å². The fourth-order valence-corrected chi connectivity index (χ4v) is 3.96. The van der Waals surface area contributed by atoms with Crippen LogP contribution in [0.3, 0.4) is 0 Å². The van der Waals surface area contributed by atoms with Crippen LogP contribution in [-0.4, -0.2) is 26.7 Å². The number of carboxylic acid groups (broad SMARTS) is 1. The number of nitrogens with zero attached hydrogens (tertiary/aromatic N) is 1. The van der Waals surface area contributed by atoms with Crippen molar-refractivity contribution in [3.8, 4) is 5.75 Å². The summed E-state index contributed by atoms with van der Waals surface area (Å²) < 4.78 is 28.3. The van der Waals surface area contributed by atoms with Crippen molar-refractivity contribution in [2.24, 2.45) is 0 Å². The predicted octanol–water partition coefficient (Wildman–Crippen LogP) is 4.76. The number of aromatic hydroxyl groups is 1. The van der Waals surface area contributed by atoms with Gasteiger partial charge in [0.1, 0.15) is 5.75 Å². The maximum atomic E-state index is 13.7. The molecule has 2 aromatic carbocycles. The fraction of sp³-hybridized carbons (Fsp3) is 0.273. The highest BCUT2D eigenvalue weighted by Gasteiger charge is 2.39. The first kappa shape index (κ1) is 20.5. The van der Waals surface area contributed by atoms with Gasteiger partial charge in [-0.15, -0.1) is 0 Å². The molecule has 0 radical (unpaired) electrons. The monoisotopic (exact) mass is 401 g/mol. The molecule has 0 saturated carbocycles. The van der Waals surface area contributed by atoms with Gasteiger partial charge in [0.25, 0.3) is 5.91 Å². The summed E-state index contributed by atoms with van der Waals surface area (Å²) in [6, 6.07) is 7.17. The van der Waals surface area contributed by atoms with Gasteiger partial charge < -0.3 is 10.2 Å². The summed E-state index contributed by atoms with van der Waals surface area (Å²) in [5, 5.41) is 20.4. The van der Waals surface area contributed by atoms with Gasteiger partial charge in [-0.05, 0) is 62.2 Å². The van der Waals surface area contributed by atoms with Crippen LogP contribution < -0.4 is 0 Å². The SMILES string of the molecule is CCC[C@@](C)(C(=O)O)c1c(C)n(C(=O)c2ccc(F)c(F)c2)c2ccc(O)cc12. The molecule has 0 unspecified atom stereocenters. The van der Waals surface area contributed by atoms with Crippen molar-refractivity contribution < 1.29 is 28.6 Å². The Morgan fingerprint density at radius 1 is 1.10 bits per heavy atom. The van der Waals surface area contributed by atoms with E-state index in [-0.39, 0.29) is 11.3 Å². The van der Waals surface area contributed by atoms with E-state index < -0.39 is 28.9 Å². The lowest BCUT2D eigenvalue weighted by Gasteiger charge is -2.25. The molecule has 0 saturated heterocycles. The molecule has 0 spiro atoms. The number of benzene rings is 2. The molecule has 3 rings (SSSR count). The zero-order valence-electron chi connectivity index (χ0n) is 16.3. The number of fused-ring (bicyclic) bond motifs is 1. The van der Waals surface area contributed by atoms with Crippen molar-refractivity contribution in [2.45, 2.75) is 39.0 Å². The van der Waals surface area contributed by atoms with E-state index in [9.17, 15) is 28.6 Å². The number of phenols is 1. The first-order valence-corrected chi connectivity index (χ1v) is 9.19. The molecular weight excluding hydrogens is 380 g/mol. The third-order valence-corrected chi connectivity index (χ3v) is 5.33. The summed E-state index contributed by atoms with van der Waals surface area (Å²) in [6.45, 7) is 5.05. The second-order valence-corrected chi connectivity index (χ2v) is 7.32. The summed E-state index contributed by atoms with van der Waals surface area (Å²) in [5.41, 5.74) is -0.207. The van der Waals surface area contributed by atoms with E-state index in [1.807, 2.05) is 6.92 Å². The van der Waals surface area contributed by atoms with Crippen molar-refractivity contribution in [3.05, 3.63) is 64.9 Å². The van der Waals surface area contributed by atoms with Gasteiger partial charge in [0, 0.05) is 16.6 Å². The number of carbonyl (C=O) groups excluding carboxylic acids is 1. The van der Waals surface area contributed by atoms with Crippen LogP contribution in [0.2, 0.25) is 0 Å². The van der Waals surface area contributed by atoms with Crippen LogP contribution in [0.1, 0.15) is 48.3 Å². The zero-order valence-corrected chi connectivity index (χ0v) is 16.3. The molecule has 1 atom stereocenters. The largest absolute Gasteiger partial charge is 0.508 e. The average Bonchev–Trinajstić information content (AvgIpc) is 2.94. The van der Waals surface area contributed by atoms with Crippen LogP contribution in [0.5, 0.6) is 5.75 Å². The standard InChI is InChI=1S/C22H21F2NO4/c1-4-9-22(3,21(28)29)19-12(2)25(18-8-6-14(26)11-15(18)19)20(27)13-5-7-16(23)17(24)10-13/h5-8,10-11,26H,4,9H2,1-3H3,(H,28,29)/t22-/m1/s1. The summed E-state index contributed by atoms with van der Waals surface area (Å²) in [5.74, 6) is -3.95. The van der Waals surface area contributed by atoms with E-state index in [2.05, 4.69) is 0 Å². The van der Waals surface area contributed by atoms with E-state index in [4.69, 9.17) is 0 Å². The molecule has 2 N–H and O–H groups in total. The summed E-state index contributed by atoms with van der Waals surface area (Å²) in [4.78, 5) is 25.3. The van der Waals surface area contributed by atoms with Crippen molar-refractivity contribution in [1.29, 1.82) is 0 Å². The Kier molecular flexibility index (Phi) is 5.17.